The van der Waals surface area contributed by atoms with E-state index in [0.29, 0.717) is 41.7 Å². The van der Waals surface area contributed by atoms with E-state index in [2.05, 4.69) is 11.4 Å². The van der Waals surface area contributed by atoms with Crippen LogP contribution in [0, 0.1) is 0 Å². The van der Waals surface area contributed by atoms with Gasteiger partial charge in [0, 0.05) is 47.3 Å². The summed E-state index contributed by atoms with van der Waals surface area (Å²) in [6.45, 7) is 1.52. The van der Waals surface area contributed by atoms with E-state index < -0.39 is 0 Å². The van der Waals surface area contributed by atoms with Crippen LogP contribution in [0.5, 0.6) is 0 Å². The van der Waals surface area contributed by atoms with Crippen LogP contribution < -0.4 is 0 Å². The molecule has 5 nitrogen and oxygen atoms in total. The smallest absolute Gasteiger partial charge is 0.254 e. The second-order valence-electron chi connectivity index (χ2n) is 8.17. The van der Waals surface area contributed by atoms with Gasteiger partial charge in [0.15, 0.2) is 0 Å². The van der Waals surface area contributed by atoms with Crippen LogP contribution in [0.1, 0.15) is 38.8 Å². The number of ether oxygens (including phenoxy) is 1. The zero-order valence-electron chi connectivity index (χ0n) is 18.9. The Bertz CT molecular complexity index is 1130. The first-order valence-electron chi connectivity index (χ1n) is 11.1. The zero-order chi connectivity index (χ0) is 24.1. The average Bonchev–Trinajstić information content (AvgIpc) is 3.32. The fourth-order valence-corrected chi connectivity index (χ4v) is 5.43. The van der Waals surface area contributed by atoms with Gasteiger partial charge in [0.2, 0.25) is 5.91 Å². The lowest BCUT2D eigenvalue weighted by Crippen LogP contribution is -2.47. The lowest BCUT2D eigenvalue weighted by molar-refractivity contribution is -0.134. The molecule has 1 aromatic heterocycles. The summed E-state index contributed by atoms with van der Waals surface area (Å²) in [5, 5.41) is 3.29. The highest BCUT2D eigenvalue weighted by atomic mass is 35.5. The third-order valence-corrected chi connectivity index (χ3v) is 7.45. The SMILES string of the molecule is COCCCN(CC(=O)N1CCc2sccc2C1c1ccc(Cl)cc1)C(=O)c1ccc(Cl)cc1. The molecule has 0 spiro atoms. The van der Waals surface area contributed by atoms with E-state index in [9.17, 15) is 9.59 Å². The molecule has 8 heteroatoms. The molecule has 0 saturated heterocycles. The van der Waals surface area contributed by atoms with Crippen molar-refractivity contribution < 1.29 is 14.3 Å². The molecule has 0 bridgehead atoms. The minimum atomic E-state index is -0.203. The maximum absolute atomic E-state index is 13.7. The van der Waals surface area contributed by atoms with Gasteiger partial charge < -0.3 is 14.5 Å². The van der Waals surface area contributed by atoms with E-state index >= 15 is 0 Å². The molecule has 1 unspecified atom stereocenters. The van der Waals surface area contributed by atoms with Crippen LogP contribution in [-0.2, 0) is 16.0 Å². The van der Waals surface area contributed by atoms with Gasteiger partial charge in [0.1, 0.15) is 6.54 Å². The van der Waals surface area contributed by atoms with Crippen LogP contribution in [-0.4, -0.2) is 55.0 Å². The summed E-state index contributed by atoms with van der Waals surface area (Å²) in [5.74, 6) is -0.283. The number of methoxy groups -OCH3 is 1. The number of amides is 2. The maximum Gasteiger partial charge on any atom is 0.254 e. The number of benzene rings is 2. The summed E-state index contributed by atoms with van der Waals surface area (Å²) >= 11 is 13.8. The Morgan fingerprint density at radius 3 is 2.41 bits per heavy atom. The molecule has 4 rings (SSSR count). The van der Waals surface area contributed by atoms with Gasteiger partial charge in [-0.25, -0.2) is 0 Å². The standard InChI is InChI=1S/C26H26Cl2N2O3S/c1-33-15-2-13-29(26(32)19-5-9-21(28)10-6-19)17-24(31)30-14-11-23-22(12-16-34-23)25(30)18-3-7-20(27)8-4-18/h3-10,12,16,25H,2,11,13-15,17H2,1H3. The van der Waals surface area contributed by atoms with Crippen LogP contribution in [0.2, 0.25) is 10.0 Å². The summed E-state index contributed by atoms with van der Waals surface area (Å²) in [6.07, 6.45) is 1.44. The zero-order valence-corrected chi connectivity index (χ0v) is 21.2. The van der Waals surface area contributed by atoms with Crippen LogP contribution in [0.3, 0.4) is 0 Å². The number of hydrogen-bond acceptors (Lipinski definition) is 4. The molecule has 2 heterocycles. The van der Waals surface area contributed by atoms with E-state index in [1.807, 2.05) is 29.2 Å². The van der Waals surface area contributed by atoms with Crippen molar-refractivity contribution in [1.29, 1.82) is 0 Å². The highest BCUT2D eigenvalue weighted by molar-refractivity contribution is 7.10. The highest BCUT2D eigenvalue weighted by Crippen LogP contribution is 2.38. The van der Waals surface area contributed by atoms with Crippen molar-refractivity contribution in [2.75, 3.05) is 33.4 Å². The van der Waals surface area contributed by atoms with Crippen LogP contribution in [0.4, 0.5) is 0 Å². The molecule has 1 aliphatic rings. The van der Waals surface area contributed by atoms with E-state index in [0.717, 1.165) is 17.5 Å². The van der Waals surface area contributed by atoms with E-state index in [4.69, 9.17) is 27.9 Å². The van der Waals surface area contributed by atoms with Gasteiger partial charge in [-0.1, -0.05) is 35.3 Å². The van der Waals surface area contributed by atoms with Crippen molar-refractivity contribution in [2.45, 2.75) is 18.9 Å². The summed E-state index contributed by atoms with van der Waals surface area (Å²) in [7, 11) is 1.62. The molecule has 1 atom stereocenters. The highest BCUT2D eigenvalue weighted by Gasteiger charge is 2.34. The predicted molar refractivity (Wildman–Crippen MR) is 137 cm³/mol. The van der Waals surface area contributed by atoms with Crippen LogP contribution in [0.15, 0.2) is 60.0 Å². The Kier molecular flexibility index (Phi) is 8.27. The Morgan fingerprint density at radius 1 is 1.06 bits per heavy atom. The first kappa shape index (κ1) is 24.7. The third kappa shape index (κ3) is 5.63. The lowest BCUT2D eigenvalue weighted by Gasteiger charge is -2.37. The molecule has 0 radical (unpaired) electrons. The van der Waals surface area contributed by atoms with Gasteiger partial charge in [-0.2, -0.15) is 0 Å². The second-order valence-corrected chi connectivity index (χ2v) is 10.0. The fraction of sp³-hybridized carbons (Fsp3) is 0.308. The van der Waals surface area contributed by atoms with Gasteiger partial charge in [0.05, 0.1) is 6.04 Å². The first-order valence-corrected chi connectivity index (χ1v) is 12.8. The minimum Gasteiger partial charge on any atom is -0.385 e. The number of fused-ring (bicyclic) bond motifs is 1. The molecular weight excluding hydrogens is 491 g/mol. The molecule has 0 fully saturated rings. The number of carbonyl (C=O) groups excluding carboxylic acids is 2. The molecule has 178 valence electrons. The molecule has 34 heavy (non-hydrogen) atoms. The van der Waals surface area contributed by atoms with E-state index in [1.165, 1.54) is 4.88 Å². The van der Waals surface area contributed by atoms with Crippen LogP contribution in [0.25, 0.3) is 0 Å². The number of carbonyl (C=O) groups is 2. The summed E-state index contributed by atoms with van der Waals surface area (Å²) in [5.41, 5.74) is 2.65. The number of nitrogens with zero attached hydrogens (tertiary/aromatic N) is 2. The Hall–Kier alpha value is -2.38. The van der Waals surface area contributed by atoms with Crippen molar-refractivity contribution in [3.63, 3.8) is 0 Å². The number of hydrogen-bond donors (Lipinski definition) is 0. The quantitative estimate of drug-likeness (QED) is 0.360. The summed E-state index contributed by atoms with van der Waals surface area (Å²) in [4.78, 5) is 31.7. The molecule has 2 amide bonds. The average molecular weight is 517 g/mol. The summed E-state index contributed by atoms with van der Waals surface area (Å²) in [6, 6.07) is 16.3. The summed E-state index contributed by atoms with van der Waals surface area (Å²) < 4.78 is 5.17. The molecule has 0 N–H and O–H groups in total. The largest absolute Gasteiger partial charge is 0.385 e. The topological polar surface area (TPSA) is 49.9 Å². The molecular formula is C26H26Cl2N2O3S. The molecule has 1 aliphatic heterocycles. The molecule has 0 aliphatic carbocycles. The van der Waals surface area contributed by atoms with E-state index in [1.54, 1.807) is 47.6 Å². The maximum atomic E-state index is 13.7. The fourth-order valence-electron chi connectivity index (χ4n) is 4.27. The van der Waals surface area contributed by atoms with Crippen LogP contribution >= 0.6 is 34.5 Å². The molecule has 3 aromatic rings. The van der Waals surface area contributed by atoms with Crippen molar-refractivity contribution in [3.8, 4) is 0 Å². The van der Waals surface area contributed by atoms with Crippen molar-refractivity contribution in [3.05, 3.63) is 91.6 Å². The number of thiophene rings is 1. The third-order valence-electron chi connectivity index (χ3n) is 5.95. The van der Waals surface area contributed by atoms with Gasteiger partial charge in [-0.15, -0.1) is 11.3 Å². The normalized spacial score (nSPS) is 15.1. The monoisotopic (exact) mass is 516 g/mol. The minimum absolute atomic E-state index is 0.00522. The van der Waals surface area contributed by atoms with Crippen molar-refractivity contribution in [1.82, 2.24) is 9.80 Å². The Labute approximate surface area is 213 Å². The van der Waals surface area contributed by atoms with Gasteiger partial charge >= 0.3 is 0 Å². The van der Waals surface area contributed by atoms with Crippen molar-refractivity contribution in [2.24, 2.45) is 0 Å². The second kappa shape index (κ2) is 11.4. The van der Waals surface area contributed by atoms with E-state index in [-0.39, 0.29) is 24.4 Å². The predicted octanol–water partition coefficient (Wildman–Crippen LogP) is 5.71. The Morgan fingerprint density at radius 2 is 1.74 bits per heavy atom. The molecule has 2 aromatic carbocycles. The van der Waals surface area contributed by atoms with Gasteiger partial charge in [0.25, 0.3) is 5.91 Å². The first-order chi connectivity index (χ1) is 16.5. The molecule has 0 saturated carbocycles. The van der Waals surface area contributed by atoms with Gasteiger partial charge in [-0.3, -0.25) is 9.59 Å². The number of rotatable bonds is 8. The van der Waals surface area contributed by atoms with Gasteiger partial charge in [-0.05, 0) is 71.8 Å². The number of halogens is 2. The Balaban J connectivity index is 1.59. The lowest BCUT2D eigenvalue weighted by atomic mass is 9.93. The van der Waals surface area contributed by atoms with Crippen molar-refractivity contribution >= 4 is 46.4 Å².